The summed E-state index contributed by atoms with van der Waals surface area (Å²) in [6.45, 7) is 1.76. The second-order valence-electron chi connectivity index (χ2n) is 11.5. The lowest BCUT2D eigenvalue weighted by atomic mass is 9.78. The van der Waals surface area contributed by atoms with Gasteiger partial charge in [-0.3, -0.25) is 14.1 Å². The molecule has 5 rings (SSSR count). The van der Waals surface area contributed by atoms with Gasteiger partial charge in [0.2, 0.25) is 5.54 Å². The highest BCUT2D eigenvalue weighted by molar-refractivity contribution is 7.93. The molecule has 1 saturated heterocycles. The Bertz CT molecular complexity index is 1840. The van der Waals surface area contributed by atoms with Gasteiger partial charge in [-0.15, -0.1) is 0 Å². The number of halogens is 1. The van der Waals surface area contributed by atoms with E-state index in [-0.39, 0.29) is 57.1 Å². The number of amides is 2. The first-order chi connectivity index (χ1) is 21.8. The van der Waals surface area contributed by atoms with Crippen molar-refractivity contribution in [2.45, 2.75) is 35.9 Å². The molecule has 0 saturated carbocycles. The van der Waals surface area contributed by atoms with Gasteiger partial charge in [0, 0.05) is 30.6 Å². The van der Waals surface area contributed by atoms with Crippen molar-refractivity contribution in [3.05, 3.63) is 70.2 Å². The molecule has 4 atom stereocenters. The summed E-state index contributed by atoms with van der Waals surface area (Å²) >= 11 is 6.60. The number of benzene rings is 3. The van der Waals surface area contributed by atoms with E-state index in [4.69, 9.17) is 30.5 Å². The lowest BCUT2D eigenvalue weighted by Crippen LogP contribution is -2.69. The van der Waals surface area contributed by atoms with E-state index >= 15 is 4.79 Å². The van der Waals surface area contributed by atoms with Crippen LogP contribution in [0.25, 0.3) is 0 Å². The predicted octanol–water partition coefficient (Wildman–Crippen LogP) is 2.99. The third kappa shape index (κ3) is 4.67. The molecule has 1 fully saturated rings. The quantitative estimate of drug-likeness (QED) is 0.328. The molecule has 0 aromatic heterocycles. The number of rotatable bonds is 9. The van der Waals surface area contributed by atoms with Crippen molar-refractivity contribution < 1.29 is 46.5 Å². The first-order valence-corrected chi connectivity index (χ1v) is 16.2. The highest BCUT2D eigenvalue weighted by Crippen LogP contribution is 2.58. The Labute approximate surface area is 273 Å². The van der Waals surface area contributed by atoms with Crippen LogP contribution in [0, 0.1) is 6.92 Å². The molecule has 0 bridgehead atoms. The number of aliphatic hydroxyl groups is 1. The number of ether oxygens (including phenoxy) is 4. The molecule has 14 heteroatoms. The number of nitrogens with zero attached hydrogens (tertiary/aromatic N) is 2. The number of likely N-dealkylation sites (tertiary alicyclic amines) is 1. The van der Waals surface area contributed by atoms with Crippen molar-refractivity contribution in [1.82, 2.24) is 5.32 Å². The van der Waals surface area contributed by atoms with Gasteiger partial charge in [0.15, 0.2) is 17.5 Å². The number of nitrogens with one attached hydrogen (secondary N) is 1. The van der Waals surface area contributed by atoms with Gasteiger partial charge < -0.3 is 29.4 Å². The first-order valence-electron chi connectivity index (χ1n) is 14.4. The smallest absolute Gasteiger partial charge is 0.312 e. The maximum absolute atomic E-state index is 15.6. The Kier molecular flexibility index (Phi) is 8.66. The number of methoxy groups -OCH3 is 4. The number of aliphatic hydroxyl groups excluding tert-OH is 1. The fourth-order valence-electron chi connectivity index (χ4n) is 7.05. The Hall–Kier alpha value is -4.04. The number of hydrogen-bond acceptors (Lipinski definition) is 9. The monoisotopic (exact) mass is 674 g/mol. The molecule has 3 aromatic rings. The summed E-state index contributed by atoms with van der Waals surface area (Å²) in [7, 11) is 3.87. The van der Waals surface area contributed by atoms with Crippen molar-refractivity contribution >= 4 is 39.1 Å². The van der Waals surface area contributed by atoms with E-state index in [1.54, 1.807) is 25.2 Å². The minimum absolute atomic E-state index is 0.0193. The van der Waals surface area contributed by atoms with Crippen LogP contribution in [-0.2, 0) is 25.2 Å². The van der Waals surface area contributed by atoms with Crippen LogP contribution >= 0.6 is 11.6 Å². The van der Waals surface area contributed by atoms with E-state index in [1.807, 2.05) is 6.92 Å². The van der Waals surface area contributed by atoms with Gasteiger partial charge in [0.25, 0.3) is 15.9 Å². The van der Waals surface area contributed by atoms with Crippen molar-refractivity contribution in [3.63, 3.8) is 0 Å². The normalized spacial score (nSPS) is 24.0. The summed E-state index contributed by atoms with van der Waals surface area (Å²) in [4.78, 5) is 28.7. The third-order valence-corrected chi connectivity index (χ3v) is 11.0. The number of sulfonamides is 1. The van der Waals surface area contributed by atoms with Crippen LogP contribution in [0.3, 0.4) is 0 Å². The Morgan fingerprint density at radius 1 is 0.957 bits per heavy atom. The topological polar surface area (TPSA) is 141 Å². The van der Waals surface area contributed by atoms with Gasteiger partial charge in [-0.25, -0.2) is 8.42 Å². The van der Waals surface area contributed by atoms with Gasteiger partial charge in [-0.2, -0.15) is 4.31 Å². The molecule has 2 aliphatic heterocycles. The van der Waals surface area contributed by atoms with E-state index in [9.17, 15) is 18.3 Å². The number of anilines is 1. The van der Waals surface area contributed by atoms with Gasteiger partial charge in [-0.05, 0) is 37.3 Å². The molecule has 2 N–H and O–H groups in total. The molecule has 2 heterocycles. The van der Waals surface area contributed by atoms with Crippen LogP contribution in [-0.4, -0.2) is 91.0 Å². The lowest BCUT2D eigenvalue weighted by molar-refractivity contribution is -0.953. The lowest BCUT2D eigenvalue weighted by Gasteiger charge is -2.48. The zero-order chi connectivity index (χ0) is 33.8. The van der Waals surface area contributed by atoms with Crippen molar-refractivity contribution in [1.29, 1.82) is 0 Å². The Morgan fingerprint density at radius 2 is 1.59 bits per heavy atom. The minimum atomic E-state index is -4.77. The molecule has 12 nitrogen and oxygen atoms in total. The van der Waals surface area contributed by atoms with Crippen LogP contribution in [0.5, 0.6) is 23.0 Å². The summed E-state index contributed by atoms with van der Waals surface area (Å²) < 4.78 is 52.1. The molecule has 2 amide bonds. The summed E-state index contributed by atoms with van der Waals surface area (Å²) in [5, 5.41) is 14.0. The van der Waals surface area contributed by atoms with Crippen molar-refractivity contribution in [2.75, 3.05) is 53.4 Å². The second kappa shape index (κ2) is 12.0. The zero-order valence-corrected chi connectivity index (χ0v) is 28.2. The number of aryl methyl sites for hydroxylation is 1. The van der Waals surface area contributed by atoms with Crippen LogP contribution in [0.2, 0.25) is 5.02 Å². The van der Waals surface area contributed by atoms with Gasteiger partial charge in [-0.1, -0.05) is 23.2 Å². The van der Waals surface area contributed by atoms with Crippen LogP contribution < -0.4 is 28.6 Å². The third-order valence-electron chi connectivity index (χ3n) is 9.08. The van der Waals surface area contributed by atoms with E-state index in [0.29, 0.717) is 5.56 Å². The first kappa shape index (κ1) is 33.3. The van der Waals surface area contributed by atoms with E-state index in [2.05, 4.69) is 5.32 Å². The second-order valence-corrected chi connectivity index (χ2v) is 13.7. The maximum atomic E-state index is 15.6. The largest absolute Gasteiger partial charge is 0.496 e. The average molecular weight is 675 g/mol. The zero-order valence-electron chi connectivity index (χ0n) is 26.6. The molecular formula is C32H37ClN3O9S+. The van der Waals surface area contributed by atoms with Crippen LogP contribution in [0.1, 0.15) is 23.1 Å². The van der Waals surface area contributed by atoms with E-state index < -0.39 is 44.0 Å². The number of quaternary nitrogens is 1. The number of hydrogen-bond donors (Lipinski definition) is 2. The molecule has 3 aromatic carbocycles. The minimum Gasteiger partial charge on any atom is -0.496 e. The van der Waals surface area contributed by atoms with Crippen molar-refractivity contribution in [2.24, 2.45) is 0 Å². The van der Waals surface area contributed by atoms with Crippen molar-refractivity contribution in [3.8, 4) is 23.0 Å². The average Bonchev–Trinajstić information content (AvgIpc) is 3.49. The van der Waals surface area contributed by atoms with Crippen LogP contribution in [0.15, 0.2) is 53.4 Å². The Morgan fingerprint density at radius 3 is 2.20 bits per heavy atom. The summed E-state index contributed by atoms with van der Waals surface area (Å²) in [5.41, 5.74) is -0.639. The highest BCUT2D eigenvalue weighted by Gasteiger charge is 2.72. The molecule has 0 aliphatic carbocycles. The molecule has 246 valence electrons. The summed E-state index contributed by atoms with van der Waals surface area (Å²) in [6, 6.07) is 11.3. The maximum Gasteiger partial charge on any atom is 0.312 e. The fraction of sp³-hybridized carbons (Fsp3) is 0.375. The number of likely N-dealkylation sites (N-methyl/N-ethyl adjacent to an activating group) is 2. The molecule has 2 aliphatic rings. The fourth-order valence-corrected chi connectivity index (χ4v) is 8.84. The Balaban J connectivity index is 1.93. The predicted molar refractivity (Wildman–Crippen MR) is 170 cm³/mol. The molecule has 0 radical (unpaired) electrons. The number of carbonyl (C=O) groups is 2. The standard InChI is InChI=1S/C32H36ClN3O9S/c1-18-8-11-25(42-4)22(12-18)32(36(3)17-20(37)14-24(36)30(38)34-2)21-13-19(33)9-10-23(21)35(31(32)39)46(40,41)29-16-27(44-6)26(43-5)15-28(29)45-7/h8-13,15-16,20,24,37H,14,17H2,1-7H3/p+1/t20-,24+,32?,36?/m1/s1. The van der Waals surface area contributed by atoms with Gasteiger partial charge in [0.05, 0.1) is 52.3 Å². The molecule has 0 spiro atoms. The SMILES string of the molecule is CNC(=O)[C@@H]1C[C@@H](O)C[N+]1(C)C1(c2cc(C)ccc2OC)C(=O)N(S(=O)(=O)c2cc(OC)c(OC)cc2OC)c2ccc(Cl)cc21. The summed E-state index contributed by atoms with van der Waals surface area (Å²) in [5.74, 6) is -0.816. The summed E-state index contributed by atoms with van der Waals surface area (Å²) in [6.07, 6.45) is -0.974. The van der Waals surface area contributed by atoms with Gasteiger partial charge in [0.1, 0.15) is 29.0 Å². The highest BCUT2D eigenvalue weighted by atomic mass is 35.5. The van der Waals surface area contributed by atoms with Gasteiger partial charge >= 0.3 is 5.91 Å². The number of fused-ring (bicyclic) bond motifs is 1. The molecular weight excluding hydrogens is 638 g/mol. The number of carbonyl (C=O) groups excluding carboxylic acids is 2. The van der Waals surface area contributed by atoms with Crippen LogP contribution in [0.4, 0.5) is 5.69 Å². The molecule has 2 unspecified atom stereocenters. The molecule has 46 heavy (non-hydrogen) atoms. The van der Waals surface area contributed by atoms with E-state index in [1.165, 1.54) is 65.8 Å². The van der Waals surface area contributed by atoms with E-state index in [0.717, 1.165) is 9.87 Å².